The Morgan fingerprint density at radius 2 is 2.18 bits per heavy atom. The fourth-order valence-corrected chi connectivity index (χ4v) is 2.13. The van der Waals surface area contributed by atoms with Crippen molar-refractivity contribution in [2.75, 3.05) is 13.7 Å². The predicted octanol–water partition coefficient (Wildman–Crippen LogP) is 2.69. The van der Waals surface area contributed by atoms with Crippen LogP contribution >= 0.6 is 0 Å². The highest BCUT2D eigenvalue weighted by Gasteiger charge is 2.33. The summed E-state index contributed by atoms with van der Waals surface area (Å²) in [5, 5.41) is 3.19. The fraction of sp³-hybridized carbons (Fsp3) is 0.615. The molecular weight excluding hydrogens is 219 g/mol. The van der Waals surface area contributed by atoms with Gasteiger partial charge in [-0.05, 0) is 38.9 Å². The zero-order valence-corrected chi connectivity index (χ0v) is 11.0. The number of pyridine rings is 1. The lowest BCUT2D eigenvalue weighted by molar-refractivity contribution is -0.0548. The average molecular weight is 240 g/mol. The maximum Gasteiger partial charge on any atom is 0.141 e. The summed E-state index contributed by atoms with van der Waals surface area (Å²) in [6.07, 6.45) is 3.72. The average Bonchev–Trinajstić information content (AvgIpc) is 2.30. The first-order valence-corrected chi connectivity index (χ1v) is 5.99. The maximum atomic E-state index is 13.2. The van der Waals surface area contributed by atoms with E-state index in [1.165, 1.54) is 12.3 Å². The first-order valence-electron chi connectivity index (χ1n) is 5.99. The van der Waals surface area contributed by atoms with Gasteiger partial charge in [0.25, 0.3) is 0 Å². The lowest BCUT2D eigenvalue weighted by Crippen LogP contribution is -2.42. The van der Waals surface area contributed by atoms with Crippen molar-refractivity contribution in [2.45, 2.75) is 38.8 Å². The topological polar surface area (TPSA) is 34.1 Å². The van der Waals surface area contributed by atoms with Crippen LogP contribution in [0.3, 0.4) is 0 Å². The summed E-state index contributed by atoms with van der Waals surface area (Å²) in [6.45, 7) is 6.69. The van der Waals surface area contributed by atoms with E-state index >= 15 is 0 Å². The molecule has 96 valence electrons. The minimum atomic E-state index is -0.362. The van der Waals surface area contributed by atoms with Gasteiger partial charge in [0.05, 0.1) is 17.8 Å². The largest absolute Gasteiger partial charge is 0.374 e. The van der Waals surface area contributed by atoms with Crippen LogP contribution in [0, 0.1) is 5.82 Å². The number of halogens is 1. The Morgan fingerprint density at radius 1 is 1.47 bits per heavy atom. The smallest absolute Gasteiger partial charge is 0.141 e. The molecule has 0 amide bonds. The van der Waals surface area contributed by atoms with E-state index in [0.717, 1.165) is 12.0 Å². The summed E-state index contributed by atoms with van der Waals surface area (Å²) in [5.74, 6) is -0.322. The number of nitrogens with zero attached hydrogens (tertiary/aromatic N) is 1. The molecule has 0 radical (unpaired) electrons. The number of hydrogen-bond donors (Lipinski definition) is 1. The second kappa shape index (κ2) is 6.07. The maximum absolute atomic E-state index is 13.2. The molecule has 4 heteroatoms. The van der Waals surface area contributed by atoms with Gasteiger partial charge in [-0.1, -0.05) is 6.92 Å². The molecule has 0 fully saturated rings. The van der Waals surface area contributed by atoms with Gasteiger partial charge in [-0.15, -0.1) is 0 Å². The highest BCUT2D eigenvalue weighted by molar-refractivity contribution is 5.19. The number of likely N-dealkylation sites (N-methyl/N-ethyl adjacent to an activating group) is 1. The molecule has 1 rings (SSSR count). The molecule has 0 bridgehead atoms. The van der Waals surface area contributed by atoms with E-state index < -0.39 is 0 Å². The minimum absolute atomic E-state index is 0.0735. The van der Waals surface area contributed by atoms with Gasteiger partial charge in [-0.2, -0.15) is 0 Å². The standard InChI is InChI=1S/C13H21FN2O/c1-5-13(3,17-6-2)12(15-4)10-7-11(14)9-16-8-10/h7-9,12,15H,5-6H2,1-4H3. The second-order valence-electron chi connectivity index (χ2n) is 4.26. The van der Waals surface area contributed by atoms with Crippen LogP contribution in [-0.2, 0) is 4.74 Å². The van der Waals surface area contributed by atoms with Gasteiger partial charge >= 0.3 is 0 Å². The third kappa shape index (κ3) is 3.23. The number of aromatic nitrogens is 1. The van der Waals surface area contributed by atoms with Crippen molar-refractivity contribution in [3.63, 3.8) is 0 Å². The molecular formula is C13H21FN2O. The Kier molecular flexibility index (Phi) is 5.02. The molecule has 0 aromatic carbocycles. The quantitative estimate of drug-likeness (QED) is 0.830. The van der Waals surface area contributed by atoms with Crippen LogP contribution in [0.1, 0.15) is 38.8 Å². The van der Waals surface area contributed by atoms with Crippen molar-refractivity contribution in [1.29, 1.82) is 0 Å². The lowest BCUT2D eigenvalue weighted by atomic mass is 9.88. The summed E-state index contributed by atoms with van der Waals surface area (Å²) in [6, 6.07) is 1.43. The van der Waals surface area contributed by atoms with E-state index in [4.69, 9.17) is 4.74 Å². The first-order chi connectivity index (χ1) is 8.07. The van der Waals surface area contributed by atoms with Crippen LogP contribution in [0.2, 0.25) is 0 Å². The van der Waals surface area contributed by atoms with Crippen LogP contribution in [0.4, 0.5) is 4.39 Å². The van der Waals surface area contributed by atoms with E-state index in [1.807, 2.05) is 20.9 Å². The summed E-state index contributed by atoms with van der Waals surface area (Å²) >= 11 is 0. The molecule has 0 aliphatic rings. The first kappa shape index (κ1) is 14.1. The SMILES string of the molecule is CCOC(C)(CC)C(NC)c1cncc(F)c1. The Bertz CT molecular complexity index is 359. The Balaban J connectivity index is 3.04. The summed E-state index contributed by atoms with van der Waals surface area (Å²) < 4.78 is 19.0. The molecule has 1 aromatic heterocycles. The van der Waals surface area contributed by atoms with Gasteiger partial charge in [0, 0.05) is 12.8 Å². The molecule has 1 N–H and O–H groups in total. The molecule has 2 unspecified atom stereocenters. The van der Waals surface area contributed by atoms with Crippen molar-refractivity contribution in [3.8, 4) is 0 Å². The number of hydrogen-bond acceptors (Lipinski definition) is 3. The van der Waals surface area contributed by atoms with Crippen LogP contribution in [0.25, 0.3) is 0 Å². The Morgan fingerprint density at radius 3 is 2.65 bits per heavy atom. The second-order valence-corrected chi connectivity index (χ2v) is 4.26. The molecule has 1 heterocycles. The number of rotatable bonds is 6. The zero-order chi connectivity index (χ0) is 12.9. The molecule has 3 nitrogen and oxygen atoms in total. The van der Waals surface area contributed by atoms with Crippen molar-refractivity contribution in [1.82, 2.24) is 10.3 Å². The predicted molar refractivity (Wildman–Crippen MR) is 66.3 cm³/mol. The van der Waals surface area contributed by atoms with Crippen LogP contribution in [-0.4, -0.2) is 24.2 Å². The van der Waals surface area contributed by atoms with E-state index in [0.29, 0.717) is 6.61 Å². The molecule has 2 atom stereocenters. The third-order valence-electron chi connectivity index (χ3n) is 3.13. The molecule has 0 aliphatic heterocycles. The van der Waals surface area contributed by atoms with E-state index in [2.05, 4.69) is 17.2 Å². The van der Waals surface area contributed by atoms with E-state index in [-0.39, 0.29) is 17.5 Å². The lowest BCUT2D eigenvalue weighted by Gasteiger charge is -2.36. The number of ether oxygens (including phenoxy) is 1. The van der Waals surface area contributed by atoms with Crippen LogP contribution < -0.4 is 5.32 Å². The van der Waals surface area contributed by atoms with Gasteiger partial charge in [-0.3, -0.25) is 4.98 Å². The minimum Gasteiger partial charge on any atom is -0.374 e. The molecule has 1 aromatic rings. The highest BCUT2D eigenvalue weighted by Crippen LogP contribution is 2.31. The third-order valence-corrected chi connectivity index (χ3v) is 3.13. The molecule has 0 saturated carbocycles. The number of nitrogens with one attached hydrogen (secondary N) is 1. The highest BCUT2D eigenvalue weighted by atomic mass is 19.1. The van der Waals surface area contributed by atoms with E-state index in [1.54, 1.807) is 6.20 Å². The normalized spacial score (nSPS) is 16.5. The fourth-order valence-electron chi connectivity index (χ4n) is 2.13. The van der Waals surface area contributed by atoms with Gasteiger partial charge < -0.3 is 10.1 Å². The van der Waals surface area contributed by atoms with Gasteiger partial charge in [0.1, 0.15) is 5.82 Å². The van der Waals surface area contributed by atoms with Crippen molar-refractivity contribution >= 4 is 0 Å². The molecule has 0 saturated heterocycles. The van der Waals surface area contributed by atoms with Crippen molar-refractivity contribution < 1.29 is 9.13 Å². The van der Waals surface area contributed by atoms with Crippen molar-refractivity contribution in [3.05, 3.63) is 29.8 Å². The summed E-state index contributed by atoms with van der Waals surface area (Å²) in [4.78, 5) is 3.89. The molecule has 17 heavy (non-hydrogen) atoms. The molecule has 0 spiro atoms. The van der Waals surface area contributed by atoms with Crippen molar-refractivity contribution in [2.24, 2.45) is 0 Å². The van der Waals surface area contributed by atoms with Gasteiger partial charge in [0.15, 0.2) is 0 Å². The Labute approximate surface area is 102 Å². The summed E-state index contributed by atoms with van der Waals surface area (Å²) in [7, 11) is 1.85. The van der Waals surface area contributed by atoms with Crippen LogP contribution in [0.5, 0.6) is 0 Å². The van der Waals surface area contributed by atoms with E-state index in [9.17, 15) is 4.39 Å². The molecule has 0 aliphatic carbocycles. The summed E-state index contributed by atoms with van der Waals surface area (Å²) in [5.41, 5.74) is 0.448. The van der Waals surface area contributed by atoms with Crippen LogP contribution in [0.15, 0.2) is 18.5 Å². The Hall–Kier alpha value is -1.00. The monoisotopic (exact) mass is 240 g/mol. The zero-order valence-electron chi connectivity index (χ0n) is 11.0. The van der Waals surface area contributed by atoms with Gasteiger partial charge in [0.2, 0.25) is 0 Å². The van der Waals surface area contributed by atoms with Gasteiger partial charge in [-0.25, -0.2) is 4.39 Å².